The lowest BCUT2D eigenvalue weighted by molar-refractivity contribution is 0.0590. The number of carbonyl (C=O) groups is 1. The highest BCUT2D eigenvalue weighted by molar-refractivity contribution is 9.24. The van der Waals surface area contributed by atoms with Crippen molar-refractivity contribution >= 4 is 37.8 Å². The van der Waals surface area contributed by atoms with Crippen molar-refractivity contribution in [2.75, 3.05) is 7.11 Å². The summed E-state index contributed by atoms with van der Waals surface area (Å²) in [5, 5.41) is 0. The fourth-order valence-corrected chi connectivity index (χ4v) is 1.54. The van der Waals surface area contributed by atoms with E-state index in [1.807, 2.05) is 0 Å². The van der Waals surface area contributed by atoms with Crippen molar-refractivity contribution in [3.05, 3.63) is 34.9 Å². The van der Waals surface area contributed by atoms with E-state index in [0.29, 0.717) is 5.56 Å². The quantitative estimate of drug-likeness (QED) is 0.606. The molecule has 0 heterocycles. The Morgan fingerprint density at radius 2 is 1.80 bits per heavy atom. The minimum atomic E-state index is -1.03. The Hall–Kier alpha value is -0.490. The van der Waals surface area contributed by atoms with Crippen LogP contribution in [0.2, 0.25) is 0 Å². The molecule has 0 unspecified atom stereocenters. The van der Waals surface area contributed by atoms with Gasteiger partial charge in [-0.3, -0.25) is 0 Å². The van der Waals surface area contributed by atoms with Gasteiger partial charge in [-0.15, -0.1) is 0 Å². The van der Waals surface area contributed by atoms with Crippen LogP contribution in [0, 0.1) is 11.6 Å². The van der Waals surface area contributed by atoms with Gasteiger partial charge in [0.05, 0.1) is 10.8 Å². The Bertz CT molecular complexity index is 371. The topological polar surface area (TPSA) is 26.3 Å². The van der Waals surface area contributed by atoms with E-state index in [0.717, 1.165) is 19.2 Å². The van der Waals surface area contributed by atoms with E-state index in [9.17, 15) is 13.6 Å². The van der Waals surface area contributed by atoms with Gasteiger partial charge in [0, 0.05) is 0 Å². The van der Waals surface area contributed by atoms with Crippen LogP contribution < -0.4 is 0 Å². The average molecular weight is 344 g/mol. The lowest BCUT2D eigenvalue weighted by Crippen LogP contribution is -2.08. The molecule has 1 rings (SSSR count). The van der Waals surface area contributed by atoms with Gasteiger partial charge in [-0.2, -0.15) is 0 Å². The minimum absolute atomic E-state index is 0.345. The van der Waals surface area contributed by atoms with Crippen LogP contribution in [-0.4, -0.2) is 13.1 Å². The maximum Gasteiger partial charge on any atom is 0.343 e. The van der Waals surface area contributed by atoms with Crippen LogP contribution in [0.5, 0.6) is 0 Å². The lowest BCUT2D eigenvalue weighted by Gasteiger charge is -2.07. The second kappa shape index (κ2) is 5.03. The monoisotopic (exact) mass is 342 g/mol. The highest BCUT2D eigenvalue weighted by atomic mass is 79.9. The largest absolute Gasteiger partial charge is 0.465 e. The number of methoxy groups -OCH3 is 1. The second-order valence-corrected chi connectivity index (χ2v) is 5.71. The molecule has 0 aliphatic rings. The van der Waals surface area contributed by atoms with E-state index < -0.39 is 23.2 Å². The molecule has 0 radical (unpaired) electrons. The third-order valence-electron chi connectivity index (χ3n) is 1.71. The Morgan fingerprint density at radius 1 is 1.33 bits per heavy atom. The first-order valence-electron chi connectivity index (χ1n) is 3.82. The van der Waals surface area contributed by atoms with Crippen molar-refractivity contribution in [1.29, 1.82) is 0 Å². The number of alkyl halides is 2. The van der Waals surface area contributed by atoms with Crippen molar-refractivity contribution in [3.8, 4) is 0 Å². The molecule has 1 aromatic rings. The van der Waals surface area contributed by atoms with Crippen LogP contribution in [0.1, 0.15) is 19.7 Å². The Kier molecular flexibility index (Phi) is 4.21. The molecule has 82 valence electrons. The predicted molar refractivity (Wildman–Crippen MR) is 58.3 cm³/mol. The van der Waals surface area contributed by atoms with Gasteiger partial charge in [0.15, 0.2) is 0 Å². The van der Waals surface area contributed by atoms with Crippen molar-refractivity contribution in [1.82, 2.24) is 0 Å². The molecular weight excluding hydrogens is 338 g/mol. The van der Waals surface area contributed by atoms with Crippen LogP contribution in [0.15, 0.2) is 12.1 Å². The molecule has 1 aromatic carbocycles. The molecule has 15 heavy (non-hydrogen) atoms. The first-order valence-corrected chi connectivity index (χ1v) is 5.66. The van der Waals surface area contributed by atoms with Gasteiger partial charge >= 0.3 is 5.97 Å². The highest BCUT2D eigenvalue weighted by Gasteiger charge is 2.20. The number of benzene rings is 1. The summed E-state index contributed by atoms with van der Waals surface area (Å²) < 4.78 is 30.5. The average Bonchev–Trinajstić information content (AvgIpc) is 2.16. The van der Waals surface area contributed by atoms with Gasteiger partial charge in [-0.25, -0.2) is 13.6 Å². The number of hydrogen-bond acceptors (Lipinski definition) is 2. The van der Waals surface area contributed by atoms with E-state index in [1.165, 1.54) is 0 Å². The van der Waals surface area contributed by atoms with Crippen molar-refractivity contribution in [3.63, 3.8) is 0 Å². The molecule has 2 nitrogen and oxygen atoms in total. The summed E-state index contributed by atoms with van der Waals surface area (Å²) in [4.78, 5) is 11.0. The summed E-state index contributed by atoms with van der Waals surface area (Å²) in [6.07, 6.45) is 0. The molecule has 6 heteroatoms. The highest BCUT2D eigenvalue weighted by Crippen LogP contribution is 2.31. The molecule has 0 atom stereocenters. The summed E-state index contributed by atoms with van der Waals surface area (Å²) in [5.74, 6) is -2.92. The summed E-state index contributed by atoms with van der Waals surface area (Å²) in [5.41, 5.74) is -0.334. The van der Waals surface area contributed by atoms with Gasteiger partial charge in [-0.1, -0.05) is 31.9 Å². The smallest absolute Gasteiger partial charge is 0.343 e. The molecule has 0 amide bonds. The second-order valence-electron chi connectivity index (χ2n) is 2.65. The first kappa shape index (κ1) is 12.6. The number of ether oxygens (including phenoxy) is 1. The zero-order valence-corrected chi connectivity index (χ0v) is 10.7. The van der Waals surface area contributed by atoms with E-state index in [2.05, 4.69) is 36.6 Å². The number of rotatable bonds is 2. The van der Waals surface area contributed by atoms with Crippen LogP contribution in [0.25, 0.3) is 0 Å². The third kappa shape index (κ3) is 2.75. The minimum Gasteiger partial charge on any atom is -0.465 e. The summed E-state index contributed by atoms with van der Waals surface area (Å²) in [7, 11) is 1.06. The van der Waals surface area contributed by atoms with Crippen LogP contribution >= 0.6 is 31.9 Å². The van der Waals surface area contributed by atoms with Gasteiger partial charge < -0.3 is 4.74 Å². The summed E-state index contributed by atoms with van der Waals surface area (Å²) in [6, 6.07) is 2.12. The van der Waals surface area contributed by atoms with Crippen LogP contribution in [0.3, 0.4) is 0 Å². The molecule has 0 fully saturated rings. The molecule has 0 N–H and O–H groups in total. The fraction of sp³-hybridized carbons (Fsp3) is 0.222. The molecule has 0 spiro atoms. The molecule has 0 aliphatic carbocycles. The fourth-order valence-electron chi connectivity index (χ4n) is 1.02. The van der Waals surface area contributed by atoms with Gasteiger partial charge in [0.25, 0.3) is 0 Å². The third-order valence-corrected chi connectivity index (χ3v) is 2.76. The van der Waals surface area contributed by atoms with Crippen molar-refractivity contribution in [2.45, 2.75) is 3.74 Å². The molecule has 0 saturated heterocycles. The standard InChI is InChI=1S/C9H6Br2F2O2/c1-15-9(14)7-5(12)2-4(8(10)11)3-6(7)13/h2-3,8H,1H3. The van der Waals surface area contributed by atoms with Crippen LogP contribution in [0.4, 0.5) is 8.78 Å². The predicted octanol–water partition coefficient (Wildman–Crippen LogP) is 3.54. The van der Waals surface area contributed by atoms with E-state index in [-0.39, 0.29) is 3.74 Å². The Balaban J connectivity index is 3.27. The van der Waals surface area contributed by atoms with Crippen molar-refractivity contribution in [2.24, 2.45) is 0 Å². The van der Waals surface area contributed by atoms with Gasteiger partial charge in [-0.05, 0) is 17.7 Å². The van der Waals surface area contributed by atoms with E-state index in [4.69, 9.17) is 0 Å². The zero-order valence-electron chi connectivity index (χ0n) is 7.56. The van der Waals surface area contributed by atoms with E-state index in [1.54, 1.807) is 0 Å². The summed E-state index contributed by atoms with van der Waals surface area (Å²) >= 11 is 6.19. The van der Waals surface area contributed by atoms with E-state index >= 15 is 0 Å². The first-order chi connectivity index (χ1) is 6.97. The SMILES string of the molecule is COC(=O)c1c(F)cc(C(Br)Br)cc1F. The van der Waals surface area contributed by atoms with Crippen molar-refractivity contribution < 1.29 is 18.3 Å². The number of hydrogen-bond donors (Lipinski definition) is 0. The number of halogens is 4. The number of esters is 1. The molecular formula is C9H6Br2F2O2. The Labute approximate surface area is 102 Å². The molecule has 0 aliphatic heterocycles. The summed E-state index contributed by atoms with van der Waals surface area (Å²) in [6.45, 7) is 0. The molecule has 0 aromatic heterocycles. The number of carbonyl (C=O) groups excluding carboxylic acids is 1. The maximum atomic E-state index is 13.3. The molecule has 0 bridgehead atoms. The maximum absolute atomic E-state index is 13.3. The van der Waals surface area contributed by atoms with Crippen LogP contribution in [-0.2, 0) is 4.74 Å². The molecule has 0 saturated carbocycles. The zero-order chi connectivity index (χ0) is 11.6. The lowest BCUT2D eigenvalue weighted by atomic mass is 10.1. The van der Waals surface area contributed by atoms with Gasteiger partial charge in [0.1, 0.15) is 17.2 Å². The normalized spacial score (nSPS) is 10.5. The Morgan fingerprint density at radius 3 is 2.13 bits per heavy atom. The van der Waals surface area contributed by atoms with Gasteiger partial charge in [0.2, 0.25) is 0 Å².